The number of aliphatic hydroxyl groups excluding tert-OH is 1. The van der Waals surface area contributed by atoms with Crippen LogP contribution in [0.4, 0.5) is 4.79 Å². The Balaban J connectivity index is 3.77. The SMILES string of the molecule is CC(C)CCNC(=O)N[C@H](CO)C(=O)O. The third-order valence-electron chi connectivity index (χ3n) is 1.79. The molecule has 0 bridgehead atoms. The second-order valence-corrected chi connectivity index (χ2v) is 3.66. The first kappa shape index (κ1) is 13.7. The van der Waals surface area contributed by atoms with Gasteiger partial charge in [0.05, 0.1) is 6.61 Å². The van der Waals surface area contributed by atoms with Gasteiger partial charge in [0, 0.05) is 6.54 Å². The molecule has 1 atom stereocenters. The van der Waals surface area contributed by atoms with Crippen molar-refractivity contribution in [3.63, 3.8) is 0 Å². The van der Waals surface area contributed by atoms with Crippen LogP contribution in [-0.4, -0.2) is 41.4 Å². The van der Waals surface area contributed by atoms with E-state index in [0.29, 0.717) is 12.5 Å². The molecule has 0 unspecified atom stereocenters. The zero-order valence-corrected chi connectivity index (χ0v) is 8.99. The normalized spacial score (nSPS) is 12.3. The molecule has 15 heavy (non-hydrogen) atoms. The van der Waals surface area contributed by atoms with Crippen LogP contribution in [0.15, 0.2) is 0 Å². The summed E-state index contributed by atoms with van der Waals surface area (Å²) in [6, 6.07) is -1.82. The van der Waals surface area contributed by atoms with Crippen molar-refractivity contribution in [3.8, 4) is 0 Å². The number of rotatable bonds is 6. The monoisotopic (exact) mass is 218 g/mol. The van der Waals surface area contributed by atoms with Crippen LogP contribution in [0.2, 0.25) is 0 Å². The van der Waals surface area contributed by atoms with Crippen molar-refractivity contribution in [1.29, 1.82) is 0 Å². The molecule has 0 aliphatic rings. The van der Waals surface area contributed by atoms with Gasteiger partial charge in [0.2, 0.25) is 0 Å². The summed E-state index contributed by atoms with van der Waals surface area (Å²) in [5.41, 5.74) is 0. The molecule has 0 spiro atoms. The molecule has 0 rings (SSSR count). The van der Waals surface area contributed by atoms with E-state index in [4.69, 9.17) is 10.2 Å². The molecule has 2 amide bonds. The highest BCUT2D eigenvalue weighted by molar-refractivity contribution is 5.82. The Morgan fingerprint density at radius 2 is 1.93 bits per heavy atom. The molecular formula is C9H18N2O4. The second kappa shape index (κ2) is 7.05. The number of carboxylic acids is 1. The van der Waals surface area contributed by atoms with Gasteiger partial charge in [-0.2, -0.15) is 0 Å². The van der Waals surface area contributed by atoms with Gasteiger partial charge < -0.3 is 20.8 Å². The fraction of sp³-hybridized carbons (Fsp3) is 0.778. The number of hydrogen-bond acceptors (Lipinski definition) is 3. The fourth-order valence-electron chi connectivity index (χ4n) is 0.869. The number of carboxylic acid groups (broad SMARTS) is 1. The average Bonchev–Trinajstić information content (AvgIpc) is 2.13. The fourth-order valence-corrected chi connectivity index (χ4v) is 0.869. The van der Waals surface area contributed by atoms with Gasteiger partial charge in [-0.15, -0.1) is 0 Å². The number of amides is 2. The molecule has 6 nitrogen and oxygen atoms in total. The van der Waals surface area contributed by atoms with E-state index in [1.165, 1.54) is 0 Å². The van der Waals surface area contributed by atoms with Crippen molar-refractivity contribution < 1.29 is 19.8 Å². The van der Waals surface area contributed by atoms with Crippen LogP contribution >= 0.6 is 0 Å². The molecule has 4 N–H and O–H groups in total. The minimum absolute atomic E-state index is 0.471. The molecular weight excluding hydrogens is 200 g/mol. The number of carbonyl (C=O) groups is 2. The number of aliphatic hydroxyl groups is 1. The van der Waals surface area contributed by atoms with E-state index in [1.54, 1.807) is 0 Å². The van der Waals surface area contributed by atoms with Crippen molar-refractivity contribution in [2.75, 3.05) is 13.2 Å². The standard InChI is InChI=1S/C9H18N2O4/c1-6(2)3-4-10-9(15)11-7(5-12)8(13)14/h6-7,12H,3-5H2,1-2H3,(H,13,14)(H2,10,11,15)/t7-/m1/s1. The van der Waals surface area contributed by atoms with Gasteiger partial charge in [0.1, 0.15) is 0 Å². The molecule has 0 saturated heterocycles. The van der Waals surface area contributed by atoms with Crippen molar-refractivity contribution in [3.05, 3.63) is 0 Å². The number of aliphatic carboxylic acids is 1. The van der Waals surface area contributed by atoms with Crippen molar-refractivity contribution in [2.24, 2.45) is 5.92 Å². The Hall–Kier alpha value is -1.30. The predicted molar refractivity (Wildman–Crippen MR) is 54.5 cm³/mol. The van der Waals surface area contributed by atoms with Gasteiger partial charge >= 0.3 is 12.0 Å². The molecule has 6 heteroatoms. The zero-order chi connectivity index (χ0) is 11.8. The summed E-state index contributed by atoms with van der Waals surface area (Å²) in [6.07, 6.45) is 0.824. The van der Waals surface area contributed by atoms with Crippen molar-refractivity contribution in [1.82, 2.24) is 10.6 Å². The van der Waals surface area contributed by atoms with Crippen LogP contribution < -0.4 is 10.6 Å². The van der Waals surface area contributed by atoms with E-state index in [0.717, 1.165) is 6.42 Å². The summed E-state index contributed by atoms with van der Waals surface area (Å²) >= 11 is 0. The summed E-state index contributed by atoms with van der Waals surface area (Å²) in [7, 11) is 0. The lowest BCUT2D eigenvalue weighted by Crippen LogP contribution is -2.48. The highest BCUT2D eigenvalue weighted by Gasteiger charge is 2.17. The summed E-state index contributed by atoms with van der Waals surface area (Å²) < 4.78 is 0. The van der Waals surface area contributed by atoms with Gasteiger partial charge in [-0.3, -0.25) is 0 Å². The second-order valence-electron chi connectivity index (χ2n) is 3.66. The number of hydrogen-bond donors (Lipinski definition) is 4. The highest BCUT2D eigenvalue weighted by atomic mass is 16.4. The van der Waals surface area contributed by atoms with Gasteiger partial charge in [0.15, 0.2) is 6.04 Å². The van der Waals surface area contributed by atoms with E-state index in [-0.39, 0.29) is 0 Å². The Labute approximate surface area is 88.7 Å². The molecule has 0 aliphatic carbocycles. The molecule has 0 saturated carbocycles. The van der Waals surface area contributed by atoms with E-state index in [2.05, 4.69) is 10.6 Å². The summed E-state index contributed by atoms with van der Waals surface area (Å²) in [5, 5.41) is 21.8. The summed E-state index contributed by atoms with van der Waals surface area (Å²) in [6.45, 7) is 3.91. The molecule has 0 aliphatic heterocycles. The number of nitrogens with one attached hydrogen (secondary N) is 2. The van der Waals surface area contributed by atoms with Crippen molar-refractivity contribution in [2.45, 2.75) is 26.3 Å². The first-order valence-corrected chi connectivity index (χ1v) is 4.85. The lowest BCUT2D eigenvalue weighted by atomic mass is 10.1. The smallest absolute Gasteiger partial charge is 0.328 e. The van der Waals surface area contributed by atoms with Gasteiger partial charge in [-0.05, 0) is 12.3 Å². The van der Waals surface area contributed by atoms with Crippen LogP contribution in [-0.2, 0) is 4.79 Å². The number of carbonyl (C=O) groups excluding carboxylic acids is 1. The molecule has 0 aromatic heterocycles. The Morgan fingerprint density at radius 3 is 2.33 bits per heavy atom. The van der Waals surface area contributed by atoms with Gasteiger partial charge in [0.25, 0.3) is 0 Å². The predicted octanol–water partition coefficient (Wildman–Crippen LogP) is -0.223. The molecule has 0 fully saturated rings. The highest BCUT2D eigenvalue weighted by Crippen LogP contribution is 1.96. The largest absolute Gasteiger partial charge is 0.480 e. The minimum Gasteiger partial charge on any atom is -0.480 e. The van der Waals surface area contributed by atoms with E-state index in [1.807, 2.05) is 13.8 Å². The third-order valence-corrected chi connectivity index (χ3v) is 1.79. The summed E-state index contributed by atoms with van der Waals surface area (Å²) in [5.74, 6) is -0.782. The molecule has 88 valence electrons. The average molecular weight is 218 g/mol. The Morgan fingerprint density at radius 1 is 1.33 bits per heavy atom. The Kier molecular flexibility index (Phi) is 6.44. The maximum atomic E-state index is 11.1. The topological polar surface area (TPSA) is 98.7 Å². The molecule has 0 heterocycles. The molecule has 0 aromatic carbocycles. The molecule has 0 radical (unpaired) electrons. The Bertz CT molecular complexity index is 218. The third kappa shape index (κ3) is 6.73. The maximum Gasteiger partial charge on any atom is 0.328 e. The van der Waals surface area contributed by atoms with Crippen LogP contribution in [0.25, 0.3) is 0 Å². The van der Waals surface area contributed by atoms with Gasteiger partial charge in [-0.25, -0.2) is 9.59 Å². The summed E-state index contributed by atoms with van der Waals surface area (Å²) in [4.78, 5) is 21.5. The van der Waals surface area contributed by atoms with Crippen molar-refractivity contribution >= 4 is 12.0 Å². The van der Waals surface area contributed by atoms with E-state index in [9.17, 15) is 9.59 Å². The van der Waals surface area contributed by atoms with Crippen LogP contribution in [0.1, 0.15) is 20.3 Å². The zero-order valence-electron chi connectivity index (χ0n) is 8.99. The minimum atomic E-state index is -1.25. The lowest BCUT2D eigenvalue weighted by Gasteiger charge is -2.13. The van der Waals surface area contributed by atoms with Crippen LogP contribution in [0.5, 0.6) is 0 Å². The van der Waals surface area contributed by atoms with Crippen LogP contribution in [0, 0.1) is 5.92 Å². The first-order valence-electron chi connectivity index (χ1n) is 4.85. The molecule has 0 aromatic rings. The first-order chi connectivity index (χ1) is 6.97. The van der Waals surface area contributed by atoms with E-state index >= 15 is 0 Å². The lowest BCUT2D eigenvalue weighted by molar-refractivity contribution is -0.140. The number of urea groups is 1. The quantitative estimate of drug-likeness (QED) is 0.495. The van der Waals surface area contributed by atoms with Crippen LogP contribution in [0.3, 0.4) is 0 Å². The van der Waals surface area contributed by atoms with E-state index < -0.39 is 24.6 Å². The maximum absolute atomic E-state index is 11.1. The van der Waals surface area contributed by atoms with Gasteiger partial charge in [-0.1, -0.05) is 13.8 Å².